The van der Waals surface area contributed by atoms with E-state index in [0.717, 1.165) is 30.9 Å². The minimum absolute atomic E-state index is 0.331. The van der Waals surface area contributed by atoms with Crippen LogP contribution in [0.3, 0.4) is 0 Å². The molecule has 3 N–H and O–H groups in total. The molecule has 128 valence electrons. The van der Waals surface area contributed by atoms with Crippen LogP contribution >= 0.6 is 0 Å². The Morgan fingerprint density at radius 3 is 2.78 bits per heavy atom. The van der Waals surface area contributed by atoms with Crippen molar-refractivity contribution in [2.75, 3.05) is 20.8 Å². The summed E-state index contributed by atoms with van der Waals surface area (Å²) >= 11 is 0. The summed E-state index contributed by atoms with van der Waals surface area (Å²) in [5.74, 6) is 2.87. The molecule has 1 aliphatic heterocycles. The van der Waals surface area contributed by atoms with Crippen molar-refractivity contribution >= 4 is 0 Å². The second-order valence-electron chi connectivity index (χ2n) is 6.92. The fourth-order valence-corrected chi connectivity index (χ4v) is 4.41. The fraction of sp³-hybridized carbons (Fsp3) is 0.684. The van der Waals surface area contributed by atoms with Gasteiger partial charge in [-0.05, 0) is 43.4 Å². The molecule has 0 aromatic heterocycles. The summed E-state index contributed by atoms with van der Waals surface area (Å²) in [6.45, 7) is 3.29. The zero-order valence-corrected chi connectivity index (χ0v) is 14.6. The Morgan fingerprint density at radius 2 is 2.09 bits per heavy atom. The van der Waals surface area contributed by atoms with Gasteiger partial charge in [-0.15, -0.1) is 0 Å². The smallest absolute Gasteiger partial charge is 0.164 e. The summed E-state index contributed by atoms with van der Waals surface area (Å²) in [7, 11) is 3.42. The van der Waals surface area contributed by atoms with Gasteiger partial charge in [0, 0.05) is 23.6 Å². The van der Waals surface area contributed by atoms with E-state index in [1.807, 2.05) is 6.07 Å². The Kier molecular flexibility index (Phi) is 5.12. The molecule has 4 unspecified atom stereocenters. The third-order valence-corrected chi connectivity index (χ3v) is 5.70. The number of rotatable bonds is 6. The highest BCUT2D eigenvalue weighted by Crippen LogP contribution is 2.49. The van der Waals surface area contributed by atoms with Crippen LogP contribution in [0.4, 0.5) is 0 Å². The molecule has 1 aromatic rings. The maximum Gasteiger partial charge on any atom is 0.164 e. The van der Waals surface area contributed by atoms with Crippen molar-refractivity contribution in [2.24, 2.45) is 11.7 Å². The first-order valence-corrected chi connectivity index (χ1v) is 8.94. The predicted octanol–water partition coefficient (Wildman–Crippen LogP) is 2.84. The number of nitrogens with one attached hydrogen (secondary N) is 1. The fourth-order valence-electron chi connectivity index (χ4n) is 4.41. The van der Waals surface area contributed by atoms with Crippen molar-refractivity contribution in [1.29, 1.82) is 0 Å². The molecule has 0 radical (unpaired) electrons. The lowest BCUT2D eigenvalue weighted by molar-refractivity contribution is 0.189. The van der Waals surface area contributed by atoms with E-state index in [-0.39, 0.29) is 0 Å². The van der Waals surface area contributed by atoms with Crippen LogP contribution in [0.5, 0.6) is 11.5 Å². The summed E-state index contributed by atoms with van der Waals surface area (Å²) in [5.41, 5.74) is 9.19. The van der Waals surface area contributed by atoms with E-state index in [1.54, 1.807) is 14.2 Å². The lowest BCUT2D eigenvalue weighted by Crippen LogP contribution is -2.56. The highest BCUT2D eigenvalue weighted by Gasteiger charge is 2.42. The third-order valence-electron chi connectivity index (χ3n) is 5.70. The Balaban J connectivity index is 1.82. The van der Waals surface area contributed by atoms with Gasteiger partial charge in [0.25, 0.3) is 0 Å². The molecule has 0 spiro atoms. The molecule has 0 amide bonds. The van der Waals surface area contributed by atoms with Crippen LogP contribution in [-0.4, -0.2) is 32.8 Å². The minimum atomic E-state index is 0.331. The molecule has 2 aliphatic rings. The normalized spacial score (nSPS) is 29.6. The molecule has 1 heterocycles. The maximum atomic E-state index is 6.46. The van der Waals surface area contributed by atoms with E-state index >= 15 is 0 Å². The van der Waals surface area contributed by atoms with E-state index in [0.29, 0.717) is 23.9 Å². The molecule has 1 saturated heterocycles. The van der Waals surface area contributed by atoms with Crippen molar-refractivity contribution in [3.05, 3.63) is 23.3 Å². The maximum absolute atomic E-state index is 6.46. The van der Waals surface area contributed by atoms with Gasteiger partial charge in [0.2, 0.25) is 0 Å². The molecule has 1 aliphatic carbocycles. The van der Waals surface area contributed by atoms with E-state index in [4.69, 9.17) is 15.2 Å². The quantitative estimate of drug-likeness (QED) is 0.847. The Bertz CT molecular complexity index is 546. The van der Waals surface area contributed by atoms with Gasteiger partial charge in [-0.25, -0.2) is 0 Å². The van der Waals surface area contributed by atoms with Gasteiger partial charge in [0.15, 0.2) is 11.5 Å². The molecule has 4 atom stereocenters. The average molecular weight is 318 g/mol. The molecule has 1 aromatic carbocycles. The Hall–Kier alpha value is -1.26. The first-order valence-electron chi connectivity index (χ1n) is 8.94. The van der Waals surface area contributed by atoms with Gasteiger partial charge < -0.3 is 20.5 Å². The molecular formula is C19H30N2O2. The van der Waals surface area contributed by atoms with E-state index < -0.39 is 0 Å². The average Bonchev–Trinajstić information content (AvgIpc) is 2.54. The van der Waals surface area contributed by atoms with Crippen LogP contribution in [0, 0.1) is 5.92 Å². The van der Waals surface area contributed by atoms with Crippen molar-refractivity contribution < 1.29 is 9.47 Å². The van der Waals surface area contributed by atoms with Crippen LogP contribution in [0.2, 0.25) is 0 Å². The summed E-state index contributed by atoms with van der Waals surface area (Å²) < 4.78 is 11.0. The summed E-state index contributed by atoms with van der Waals surface area (Å²) in [5, 5.41) is 3.77. The van der Waals surface area contributed by atoms with Gasteiger partial charge in [-0.1, -0.05) is 25.8 Å². The number of fused-ring (bicyclic) bond motifs is 1. The number of piperidine rings is 1. The van der Waals surface area contributed by atoms with Gasteiger partial charge in [-0.3, -0.25) is 0 Å². The lowest BCUT2D eigenvalue weighted by atomic mass is 9.66. The van der Waals surface area contributed by atoms with Crippen molar-refractivity contribution in [3.63, 3.8) is 0 Å². The zero-order valence-electron chi connectivity index (χ0n) is 14.6. The summed E-state index contributed by atoms with van der Waals surface area (Å²) in [4.78, 5) is 0. The third kappa shape index (κ3) is 2.94. The number of ether oxygens (including phenoxy) is 2. The standard InChI is InChI=1S/C19H30N2O2/c1-4-5-6-13-16(20)9-10-21-18(13)14-11-15-12(14)7-8-17(22-2)19(15)23-3/h7-8,13-14,16,18,21H,4-6,9-11,20H2,1-3H3. The van der Waals surface area contributed by atoms with Crippen molar-refractivity contribution in [1.82, 2.24) is 5.32 Å². The monoisotopic (exact) mass is 318 g/mol. The Morgan fingerprint density at radius 1 is 1.26 bits per heavy atom. The van der Waals surface area contributed by atoms with Crippen LogP contribution in [-0.2, 0) is 6.42 Å². The molecule has 23 heavy (non-hydrogen) atoms. The predicted molar refractivity (Wildman–Crippen MR) is 93.4 cm³/mol. The Labute approximate surface area is 139 Å². The van der Waals surface area contributed by atoms with Gasteiger partial charge in [0.1, 0.15) is 0 Å². The first kappa shape index (κ1) is 16.6. The van der Waals surface area contributed by atoms with E-state index in [9.17, 15) is 0 Å². The van der Waals surface area contributed by atoms with E-state index in [1.165, 1.54) is 30.4 Å². The zero-order chi connectivity index (χ0) is 16.4. The molecule has 0 bridgehead atoms. The highest BCUT2D eigenvalue weighted by molar-refractivity contribution is 5.57. The molecule has 1 fully saturated rings. The summed E-state index contributed by atoms with van der Waals surface area (Å²) in [6.07, 6.45) is 5.89. The van der Waals surface area contributed by atoms with Crippen LogP contribution in [0.15, 0.2) is 12.1 Å². The second-order valence-corrected chi connectivity index (χ2v) is 6.92. The molecule has 4 heteroatoms. The number of nitrogens with two attached hydrogens (primary N) is 1. The van der Waals surface area contributed by atoms with E-state index in [2.05, 4.69) is 18.3 Å². The van der Waals surface area contributed by atoms with Gasteiger partial charge in [-0.2, -0.15) is 0 Å². The number of hydrogen-bond acceptors (Lipinski definition) is 4. The number of methoxy groups -OCH3 is 2. The largest absolute Gasteiger partial charge is 0.493 e. The number of unbranched alkanes of at least 4 members (excludes halogenated alkanes) is 1. The van der Waals surface area contributed by atoms with Crippen LogP contribution in [0.1, 0.15) is 49.7 Å². The van der Waals surface area contributed by atoms with Crippen molar-refractivity contribution in [2.45, 2.75) is 57.0 Å². The topological polar surface area (TPSA) is 56.5 Å². The molecule has 3 rings (SSSR count). The highest BCUT2D eigenvalue weighted by atomic mass is 16.5. The minimum Gasteiger partial charge on any atom is -0.493 e. The van der Waals surface area contributed by atoms with Gasteiger partial charge in [0.05, 0.1) is 14.2 Å². The summed E-state index contributed by atoms with van der Waals surface area (Å²) in [6, 6.07) is 5.07. The van der Waals surface area contributed by atoms with Crippen LogP contribution in [0.25, 0.3) is 0 Å². The number of benzene rings is 1. The SMILES string of the molecule is CCCCC1C(N)CCNC1C1Cc2c1ccc(OC)c2OC. The van der Waals surface area contributed by atoms with Crippen molar-refractivity contribution in [3.8, 4) is 11.5 Å². The molecular weight excluding hydrogens is 288 g/mol. The van der Waals surface area contributed by atoms with Crippen LogP contribution < -0.4 is 20.5 Å². The molecule has 0 saturated carbocycles. The number of hydrogen-bond donors (Lipinski definition) is 2. The first-order chi connectivity index (χ1) is 11.2. The molecule has 4 nitrogen and oxygen atoms in total. The lowest BCUT2D eigenvalue weighted by Gasteiger charge is -2.46. The van der Waals surface area contributed by atoms with Gasteiger partial charge >= 0.3 is 0 Å². The second kappa shape index (κ2) is 7.10.